The van der Waals surface area contributed by atoms with E-state index < -0.39 is 0 Å². The average molecular weight is 408 g/mol. The average Bonchev–Trinajstić information content (AvgIpc) is 3.26. The largest absolute Gasteiger partial charge is 0.393 e. The van der Waals surface area contributed by atoms with Gasteiger partial charge in [0, 0.05) is 5.41 Å². The summed E-state index contributed by atoms with van der Waals surface area (Å²) in [7, 11) is 0. The highest BCUT2D eigenvalue weighted by Gasteiger charge is 2.58. The molecule has 2 saturated carbocycles. The third kappa shape index (κ3) is 2.47. The minimum Gasteiger partial charge on any atom is -0.393 e. The van der Waals surface area contributed by atoms with Crippen LogP contribution in [0.4, 0.5) is 4.39 Å². The molecule has 2 fully saturated rings. The zero-order valence-corrected chi connectivity index (χ0v) is 17.8. The van der Waals surface area contributed by atoms with Gasteiger partial charge in [0.2, 0.25) is 0 Å². The van der Waals surface area contributed by atoms with Gasteiger partial charge in [0.25, 0.3) is 0 Å². The molecule has 1 aromatic heterocycles. The lowest BCUT2D eigenvalue weighted by Crippen LogP contribution is -2.51. The number of nitrogens with zero attached hydrogens (tertiary/aromatic N) is 3. The van der Waals surface area contributed by atoms with E-state index in [9.17, 15) is 9.50 Å². The summed E-state index contributed by atoms with van der Waals surface area (Å²) >= 11 is 0. The highest BCUT2D eigenvalue weighted by Crippen LogP contribution is 2.63. The molecule has 4 aliphatic carbocycles. The summed E-state index contributed by atoms with van der Waals surface area (Å²) in [4.78, 5) is 1.69. The van der Waals surface area contributed by atoms with Crippen LogP contribution in [0, 0.1) is 29.0 Å². The highest BCUT2D eigenvalue weighted by molar-refractivity contribution is 5.37. The number of halogens is 1. The molecule has 0 spiro atoms. The van der Waals surface area contributed by atoms with Gasteiger partial charge < -0.3 is 5.11 Å². The molecule has 2 aromatic rings. The smallest absolute Gasteiger partial charge is 0.123 e. The van der Waals surface area contributed by atoms with Gasteiger partial charge in [0.15, 0.2) is 0 Å². The Balaban J connectivity index is 1.33. The number of aliphatic hydroxyl groups is 1. The standard InChI is InChI=1S/C25H30FN3O/c1-24-11-9-18(30)13-15(24)3-8-19-20(24)10-12-25(2)21(19)14-22-23(25)28-29(27-22)17-6-4-16(26)5-7-17/h3-7,18-21,30H,8-14H2,1-2H3/t18-,19+,20-,21-,24-,25-/m0/s1. The van der Waals surface area contributed by atoms with Gasteiger partial charge in [-0.25, -0.2) is 4.39 Å². The molecular formula is C25H30FN3O. The fraction of sp³-hybridized carbons (Fsp3) is 0.600. The van der Waals surface area contributed by atoms with Gasteiger partial charge in [-0.15, -0.1) is 0 Å². The first-order valence-electron chi connectivity index (χ1n) is 11.5. The van der Waals surface area contributed by atoms with Crippen molar-refractivity contribution in [1.29, 1.82) is 0 Å². The van der Waals surface area contributed by atoms with Crippen LogP contribution in [0.25, 0.3) is 5.69 Å². The number of benzene rings is 1. The second kappa shape index (κ2) is 6.25. The summed E-state index contributed by atoms with van der Waals surface area (Å²) in [5.41, 5.74) is 4.95. The molecule has 0 bridgehead atoms. The lowest BCUT2D eigenvalue weighted by atomic mass is 9.48. The number of hydrogen-bond donors (Lipinski definition) is 1. The first-order chi connectivity index (χ1) is 14.4. The van der Waals surface area contributed by atoms with Crippen LogP contribution >= 0.6 is 0 Å². The Morgan fingerprint density at radius 2 is 1.77 bits per heavy atom. The Bertz CT molecular complexity index is 1030. The summed E-state index contributed by atoms with van der Waals surface area (Å²) in [5.74, 6) is 1.72. The number of rotatable bonds is 1. The van der Waals surface area contributed by atoms with E-state index in [-0.39, 0.29) is 22.8 Å². The van der Waals surface area contributed by atoms with Crippen LogP contribution in [0.2, 0.25) is 0 Å². The first-order valence-corrected chi connectivity index (χ1v) is 11.5. The van der Waals surface area contributed by atoms with Crippen molar-refractivity contribution in [2.24, 2.45) is 23.2 Å². The Labute approximate surface area is 177 Å². The summed E-state index contributed by atoms with van der Waals surface area (Å²) in [5, 5.41) is 20.0. The third-order valence-corrected chi connectivity index (χ3v) is 9.16. The summed E-state index contributed by atoms with van der Waals surface area (Å²) in [6.45, 7) is 4.86. The quantitative estimate of drug-likeness (QED) is 0.695. The number of aliphatic hydroxyl groups excluding tert-OH is 1. The minimum absolute atomic E-state index is 0.0741. The van der Waals surface area contributed by atoms with Gasteiger partial charge in [0.1, 0.15) is 5.82 Å². The Morgan fingerprint density at radius 3 is 2.57 bits per heavy atom. The van der Waals surface area contributed by atoms with Crippen molar-refractivity contribution in [3.63, 3.8) is 0 Å². The predicted molar refractivity (Wildman–Crippen MR) is 113 cm³/mol. The van der Waals surface area contributed by atoms with Crippen LogP contribution in [-0.4, -0.2) is 26.2 Å². The monoisotopic (exact) mass is 407 g/mol. The molecule has 158 valence electrons. The Hall–Kier alpha value is -2.01. The van der Waals surface area contributed by atoms with Gasteiger partial charge in [-0.2, -0.15) is 15.0 Å². The molecule has 30 heavy (non-hydrogen) atoms. The van der Waals surface area contributed by atoms with Gasteiger partial charge in [-0.3, -0.25) is 0 Å². The molecule has 4 nitrogen and oxygen atoms in total. The molecule has 0 aliphatic heterocycles. The van der Waals surface area contributed by atoms with Crippen LogP contribution in [-0.2, 0) is 11.8 Å². The van der Waals surface area contributed by atoms with E-state index in [2.05, 4.69) is 19.9 Å². The second-order valence-corrected chi connectivity index (χ2v) is 10.6. The molecule has 0 unspecified atom stereocenters. The maximum Gasteiger partial charge on any atom is 0.123 e. The molecule has 0 radical (unpaired) electrons. The van der Waals surface area contributed by atoms with Crippen molar-refractivity contribution in [2.75, 3.05) is 0 Å². The fourth-order valence-corrected chi connectivity index (χ4v) is 7.45. The highest BCUT2D eigenvalue weighted by atomic mass is 19.1. The summed E-state index contributed by atoms with van der Waals surface area (Å²) < 4.78 is 13.3. The van der Waals surface area contributed by atoms with Crippen molar-refractivity contribution < 1.29 is 9.50 Å². The maximum absolute atomic E-state index is 13.3. The van der Waals surface area contributed by atoms with E-state index in [4.69, 9.17) is 10.2 Å². The Kier molecular flexibility index (Phi) is 3.91. The fourth-order valence-electron chi connectivity index (χ4n) is 7.45. The molecule has 5 heteroatoms. The summed E-state index contributed by atoms with van der Waals surface area (Å²) in [6, 6.07) is 6.42. The maximum atomic E-state index is 13.3. The number of allylic oxidation sites excluding steroid dienone is 1. The van der Waals surface area contributed by atoms with E-state index in [1.54, 1.807) is 16.9 Å². The lowest BCUT2D eigenvalue weighted by molar-refractivity contribution is -0.0175. The van der Waals surface area contributed by atoms with E-state index >= 15 is 0 Å². The SMILES string of the molecule is C[C@]12CC[C@H](O)CC1=CC[C@@H]1[C@@H]2CC[C@]2(C)c3nn(-c4ccc(F)cc4)nc3C[C@@H]12. The molecular weight excluding hydrogens is 377 g/mol. The zero-order chi connectivity index (χ0) is 20.7. The molecule has 6 atom stereocenters. The van der Waals surface area contributed by atoms with Crippen molar-refractivity contribution in [3.05, 3.63) is 53.1 Å². The van der Waals surface area contributed by atoms with Crippen LogP contribution < -0.4 is 0 Å². The molecule has 0 saturated heterocycles. The van der Waals surface area contributed by atoms with E-state index in [1.807, 2.05) is 0 Å². The molecule has 6 rings (SSSR count). The molecule has 1 heterocycles. The van der Waals surface area contributed by atoms with Crippen molar-refractivity contribution in [2.45, 2.75) is 70.3 Å². The zero-order valence-electron chi connectivity index (χ0n) is 17.8. The van der Waals surface area contributed by atoms with E-state index in [0.29, 0.717) is 17.8 Å². The minimum atomic E-state index is -0.239. The third-order valence-electron chi connectivity index (χ3n) is 9.16. The van der Waals surface area contributed by atoms with Gasteiger partial charge in [-0.05, 0) is 92.4 Å². The van der Waals surface area contributed by atoms with Gasteiger partial charge in [0.05, 0.1) is 23.2 Å². The van der Waals surface area contributed by atoms with E-state index in [0.717, 1.165) is 55.6 Å². The normalized spacial score (nSPS) is 39.5. The number of aromatic nitrogens is 3. The van der Waals surface area contributed by atoms with Crippen molar-refractivity contribution in [1.82, 2.24) is 15.0 Å². The topological polar surface area (TPSA) is 50.9 Å². The lowest BCUT2D eigenvalue weighted by Gasteiger charge is -2.57. The summed E-state index contributed by atoms with van der Waals surface area (Å²) in [6.07, 6.45) is 9.74. The van der Waals surface area contributed by atoms with Crippen LogP contribution in [0.1, 0.15) is 63.8 Å². The number of hydrogen-bond acceptors (Lipinski definition) is 3. The molecule has 0 amide bonds. The number of fused-ring (bicyclic) bond motifs is 7. The predicted octanol–water partition coefficient (Wildman–Crippen LogP) is 4.74. The first kappa shape index (κ1) is 18.7. The molecule has 1 aromatic carbocycles. The van der Waals surface area contributed by atoms with Crippen molar-refractivity contribution >= 4 is 0 Å². The van der Waals surface area contributed by atoms with Crippen LogP contribution in [0.15, 0.2) is 35.9 Å². The van der Waals surface area contributed by atoms with Crippen LogP contribution in [0.5, 0.6) is 0 Å². The molecule has 1 N–H and O–H groups in total. The van der Waals surface area contributed by atoms with Gasteiger partial charge >= 0.3 is 0 Å². The van der Waals surface area contributed by atoms with Crippen molar-refractivity contribution in [3.8, 4) is 5.69 Å². The Morgan fingerprint density at radius 1 is 1.00 bits per heavy atom. The van der Waals surface area contributed by atoms with Crippen LogP contribution in [0.3, 0.4) is 0 Å². The molecule has 4 aliphatic rings. The van der Waals surface area contributed by atoms with E-state index in [1.165, 1.54) is 24.1 Å². The second-order valence-electron chi connectivity index (χ2n) is 10.6. The van der Waals surface area contributed by atoms with Gasteiger partial charge in [-0.1, -0.05) is 25.5 Å².